The number of hydrogen-bond donors (Lipinski definition) is 2. The lowest BCUT2D eigenvalue weighted by Gasteiger charge is -2.22. The van der Waals surface area contributed by atoms with Gasteiger partial charge in [0.2, 0.25) is 0 Å². The molecule has 110 valence electrons. The van der Waals surface area contributed by atoms with Gasteiger partial charge >= 0.3 is 0 Å². The van der Waals surface area contributed by atoms with Crippen molar-refractivity contribution in [3.63, 3.8) is 0 Å². The van der Waals surface area contributed by atoms with Crippen LogP contribution in [0.5, 0.6) is 5.75 Å². The van der Waals surface area contributed by atoms with Gasteiger partial charge in [0.05, 0.1) is 6.10 Å². The first-order valence-electron chi connectivity index (χ1n) is 6.79. The molecule has 0 saturated carbocycles. The highest BCUT2D eigenvalue weighted by Gasteiger charge is 2.13. The fourth-order valence-electron chi connectivity index (χ4n) is 1.98. The van der Waals surface area contributed by atoms with E-state index in [9.17, 15) is 0 Å². The molecule has 0 fully saturated rings. The van der Waals surface area contributed by atoms with Crippen molar-refractivity contribution in [3.8, 4) is 5.75 Å². The Labute approximate surface area is 124 Å². The monoisotopic (exact) mass is 284 g/mol. The summed E-state index contributed by atoms with van der Waals surface area (Å²) in [6.07, 6.45) is 1.80. The number of anilines is 2. The molecule has 0 aliphatic carbocycles. The van der Waals surface area contributed by atoms with E-state index in [0.717, 1.165) is 17.3 Å². The van der Waals surface area contributed by atoms with E-state index in [0.29, 0.717) is 5.56 Å². The number of ether oxygens (including phenoxy) is 1. The van der Waals surface area contributed by atoms with E-state index in [-0.39, 0.29) is 11.9 Å². The van der Waals surface area contributed by atoms with Gasteiger partial charge in [-0.15, -0.1) is 0 Å². The number of nitrogens with zero attached hydrogens (tertiary/aromatic N) is 2. The topological polar surface area (TPSA) is 75.2 Å². The molecule has 2 rings (SSSR count). The highest BCUT2D eigenvalue weighted by molar-refractivity contribution is 5.96. The van der Waals surface area contributed by atoms with Crippen LogP contribution in [0.15, 0.2) is 42.6 Å². The van der Waals surface area contributed by atoms with E-state index >= 15 is 0 Å². The molecular formula is C16H20N4O. The minimum absolute atomic E-state index is 0.0462. The maximum absolute atomic E-state index is 7.53. The lowest BCUT2D eigenvalue weighted by atomic mass is 10.1. The molecule has 5 nitrogen and oxygen atoms in total. The lowest BCUT2D eigenvalue weighted by molar-refractivity contribution is 0.242. The third-order valence-corrected chi connectivity index (χ3v) is 2.98. The molecule has 0 aliphatic rings. The highest BCUT2D eigenvalue weighted by atomic mass is 16.5. The van der Waals surface area contributed by atoms with Crippen LogP contribution in [0.4, 0.5) is 11.5 Å². The van der Waals surface area contributed by atoms with Crippen LogP contribution in [0.3, 0.4) is 0 Å². The first kappa shape index (κ1) is 14.8. The summed E-state index contributed by atoms with van der Waals surface area (Å²) in [7, 11) is 1.91. The van der Waals surface area contributed by atoms with Gasteiger partial charge in [-0.3, -0.25) is 5.41 Å². The number of pyridine rings is 1. The second kappa shape index (κ2) is 6.26. The van der Waals surface area contributed by atoms with Crippen LogP contribution >= 0.6 is 0 Å². The summed E-state index contributed by atoms with van der Waals surface area (Å²) in [5.74, 6) is 1.50. The number of nitrogens with two attached hydrogens (primary N) is 1. The maximum Gasteiger partial charge on any atom is 0.175 e. The molecule has 21 heavy (non-hydrogen) atoms. The number of benzene rings is 1. The summed E-state index contributed by atoms with van der Waals surface area (Å²) in [4.78, 5) is 6.32. The number of hydrogen-bond acceptors (Lipinski definition) is 4. The zero-order valence-electron chi connectivity index (χ0n) is 12.5. The molecule has 2 aromatic rings. The Kier molecular flexibility index (Phi) is 4.42. The van der Waals surface area contributed by atoms with Gasteiger partial charge < -0.3 is 15.4 Å². The summed E-state index contributed by atoms with van der Waals surface area (Å²) < 4.78 is 5.79. The molecule has 0 aliphatic heterocycles. The highest BCUT2D eigenvalue weighted by Crippen LogP contribution is 2.31. The molecule has 0 spiro atoms. The molecule has 0 bridgehead atoms. The number of nitrogens with one attached hydrogen (secondary N) is 1. The van der Waals surface area contributed by atoms with Crippen molar-refractivity contribution >= 4 is 17.3 Å². The van der Waals surface area contributed by atoms with Crippen LogP contribution in [0.1, 0.15) is 19.4 Å². The lowest BCUT2D eigenvalue weighted by Crippen LogP contribution is -2.16. The summed E-state index contributed by atoms with van der Waals surface area (Å²) in [5, 5.41) is 7.53. The van der Waals surface area contributed by atoms with Crippen molar-refractivity contribution in [1.29, 1.82) is 5.41 Å². The van der Waals surface area contributed by atoms with Gasteiger partial charge in [0.1, 0.15) is 5.84 Å². The zero-order valence-corrected chi connectivity index (χ0v) is 12.5. The molecular weight excluding hydrogens is 264 g/mol. The average molecular weight is 284 g/mol. The second-order valence-corrected chi connectivity index (χ2v) is 5.01. The van der Waals surface area contributed by atoms with Crippen molar-refractivity contribution in [2.45, 2.75) is 20.0 Å². The molecule has 1 heterocycles. The van der Waals surface area contributed by atoms with Crippen LogP contribution in [-0.2, 0) is 0 Å². The Morgan fingerprint density at radius 1 is 1.29 bits per heavy atom. The third kappa shape index (κ3) is 3.51. The molecule has 0 saturated heterocycles. The van der Waals surface area contributed by atoms with E-state index in [1.54, 1.807) is 6.20 Å². The Morgan fingerprint density at radius 3 is 2.71 bits per heavy atom. The van der Waals surface area contributed by atoms with Gasteiger partial charge in [0.15, 0.2) is 11.6 Å². The van der Waals surface area contributed by atoms with Crippen LogP contribution in [0, 0.1) is 5.41 Å². The molecule has 1 aromatic carbocycles. The molecule has 3 N–H and O–H groups in total. The van der Waals surface area contributed by atoms with E-state index in [2.05, 4.69) is 4.98 Å². The fourth-order valence-corrected chi connectivity index (χ4v) is 1.98. The van der Waals surface area contributed by atoms with Crippen molar-refractivity contribution in [1.82, 2.24) is 4.98 Å². The number of amidine groups is 1. The Bertz CT molecular complexity index is 640. The average Bonchev–Trinajstić information content (AvgIpc) is 2.46. The Morgan fingerprint density at radius 2 is 2.05 bits per heavy atom. The molecule has 0 amide bonds. The largest absolute Gasteiger partial charge is 0.487 e. The van der Waals surface area contributed by atoms with Gasteiger partial charge in [-0.25, -0.2) is 4.98 Å². The molecule has 0 radical (unpaired) electrons. The van der Waals surface area contributed by atoms with Crippen molar-refractivity contribution < 1.29 is 4.74 Å². The van der Waals surface area contributed by atoms with Crippen LogP contribution < -0.4 is 15.4 Å². The molecule has 0 atom stereocenters. The summed E-state index contributed by atoms with van der Waals surface area (Å²) in [6, 6.07) is 11.2. The Balaban J connectivity index is 2.38. The van der Waals surface area contributed by atoms with Crippen molar-refractivity contribution in [3.05, 3.63) is 48.2 Å². The molecule has 1 aromatic heterocycles. The standard InChI is InChI=1S/C16H20N4O/c1-11(2)21-14-8-5-9-19-16(14)20(3)13-7-4-6-12(10-13)15(17)18/h4-11H,1-3H3,(H3,17,18). The van der Waals surface area contributed by atoms with Crippen LogP contribution in [0.2, 0.25) is 0 Å². The van der Waals surface area contributed by atoms with E-state index in [1.807, 2.05) is 62.2 Å². The predicted molar refractivity (Wildman–Crippen MR) is 85.5 cm³/mol. The number of aromatic nitrogens is 1. The van der Waals surface area contributed by atoms with E-state index in [1.165, 1.54) is 0 Å². The maximum atomic E-state index is 7.53. The van der Waals surface area contributed by atoms with Gasteiger partial charge in [-0.1, -0.05) is 12.1 Å². The number of rotatable bonds is 5. The quantitative estimate of drug-likeness (QED) is 0.654. The molecule has 0 unspecified atom stereocenters. The number of nitrogen functional groups attached to an aromatic ring is 1. The predicted octanol–water partition coefficient (Wildman–Crippen LogP) is 2.92. The van der Waals surface area contributed by atoms with E-state index in [4.69, 9.17) is 15.9 Å². The van der Waals surface area contributed by atoms with Gasteiger partial charge in [0.25, 0.3) is 0 Å². The summed E-state index contributed by atoms with van der Waals surface area (Å²) in [6.45, 7) is 3.96. The second-order valence-electron chi connectivity index (χ2n) is 5.01. The first-order chi connectivity index (χ1) is 9.99. The van der Waals surface area contributed by atoms with Gasteiger partial charge in [-0.2, -0.15) is 0 Å². The van der Waals surface area contributed by atoms with Gasteiger partial charge in [-0.05, 0) is 38.1 Å². The van der Waals surface area contributed by atoms with E-state index < -0.39 is 0 Å². The van der Waals surface area contributed by atoms with Crippen molar-refractivity contribution in [2.75, 3.05) is 11.9 Å². The fraction of sp³-hybridized carbons (Fsp3) is 0.250. The third-order valence-electron chi connectivity index (χ3n) is 2.98. The van der Waals surface area contributed by atoms with Crippen LogP contribution in [0.25, 0.3) is 0 Å². The zero-order chi connectivity index (χ0) is 15.4. The SMILES string of the molecule is CC(C)Oc1cccnc1N(C)c1cccc(C(=N)N)c1. The van der Waals surface area contributed by atoms with Crippen molar-refractivity contribution in [2.24, 2.45) is 5.73 Å². The summed E-state index contributed by atoms with van der Waals surface area (Å²) >= 11 is 0. The minimum atomic E-state index is 0.0462. The normalized spacial score (nSPS) is 10.5. The molecule has 5 heteroatoms. The van der Waals surface area contributed by atoms with Crippen LogP contribution in [-0.4, -0.2) is 24.0 Å². The minimum Gasteiger partial charge on any atom is -0.487 e. The smallest absolute Gasteiger partial charge is 0.175 e. The summed E-state index contributed by atoms with van der Waals surface area (Å²) in [5.41, 5.74) is 7.12. The Hall–Kier alpha value is -2.56. The van der Waals surface area contributed by atoms with Gasteiger partial charge in [0, 0.05) is 24.5 Å². The first-order valence-corrected chi connectivity index (χ1v) is 6.79.